The molecule has 1 amide bonds. The third-order valence-electron chi connectivity index (χ3n) is 7.97. The van der Waals surface area contributed by atoms with Gasteiger partial charge in [-0.15, -0.1) is 12.4 Å². The molecule has 3 atom stereocenters. The van der Waals surface area contributed by atoms with Gasteiger partial charge in [0.1, 0.15) is 12.1 Å². The van der Waals surface area contributed by atoms with Crippen molar-refractivity contribution in [2.24, 2.45) is 5.92 Å². The van der Waals surface area contributed by atoms with Crippen LogP contribution in [-0.4, -0.2) is 50.6 Å². The van der Waals surface area contributed by atoms with Gasteiger partial charge in [-0.1, -0.05) is 32.0 Å². The zero-order valence-corrected chi connectivity index (χ0v) is 24.7. The van der Waals surface area contributed by atoms with Crippen LogP contribution >= 0.6 is 12.4 Å². The van der Waals surface area contributed by atoms with E-state index in [-0.39, 0.29) is 30.0 Å². The van der Waals surface area contributed by atoms with E-state index in [4.69, 9.17) is 0 Å². The normalized spacial score (nSPS) is 20.6. The number of alkyl halides is 3. The Morgan fingerprint density at radius 1 is 1.10 bits per heavy atom. The van der Waals surface area contributed by atoms with Crippen LogP contribution in [-0.2, 0) is 23.8 Å². The number of aliphatic hydroxyl groups is 1. The van der Waals surface area contributed by atoms with E-state index in [1.165, 1.54) is 12.4 Å². The number of hydrogen-bond acceptors (Lipinski definition) is 6. The van der Waals surface area contributed by atoms with Gasteiger partial charge in [-0.3, -0.25) is 9.69 Å². The lowest BCUT2D eigenvalue weighted by Gasteiger charge is -2.29. The van der Waals surface area contributed by atoms with Crippen LogP contribution in [0.3, 0.4) is 0 Å². The van der Waals surface area contributed by atoms with E-state index < -0.39 is 23.9 Å². The van der Waals surface area contributed by atoms with Gasteiger partial charge >= 0.3 is 6.18 Å². The number of aryl methyl sites for hydroxylation is 1. The molecule has 1 aliphatic heterocycles. The number of halogens is 4. The van der Waals surface area contributed by atoms with E-state index in [1.807, 2.05) is 18.2 Å². The van der Waals surface area contributed by atoms with Gasteiger partial charge in [-0.05, 0) is 67.9 Å². The molecule has 0 saturated carbocycles. The summed E-state index contributed by atoms with van der Waals surface area (Å²) >= 11 is 0. The summed E-state index contributed by atoms with van der Waals surface area (Å²) in [6, 6.07) is 10.7. The molecule has 5 rings (SSSR count). The molecule has 11 heteroatoms. The fourth-order valence-corrected chi connectivity index (χ4v) is 5.91. The van der Waals surface area contributed by atoms with Crippen molar-refractivity contribution in [3.05, 3.63) is 65.5 Å². The maximum Gasteiger partial charge on any atom is 0.416 e. The first-order valence-corrected chi connectivity index (χ1v) is 14.2. The Kier molecular flexibility index (Phi) is 9.80. The number of aliphatic hydroxyl groups excluding tert-OH is 1. The Labute approximate surface area is 250 Å². The van der Waals surface area contributed by atoms with Crippen molar-refractivity contribution in [3.8, 4) is 11.3 Å². The minimum atomic E-state index is -4.57. The minimum Gasteiger partial charge on any atom is -0.393 e. The summed E-state index contributed by atoms with van der Waals surface area (Å²) in [5, 5.41) is 16.3. The molecule has 1 aliphatic carbocycles. The number of anilines is 3. The summed E-state index contributed by atoms with van der Waals surface area (Å²) in [5.74, 6) is 0.478. The Balaban J connectivity index is 0.00000405. The third kappa shape index (κ3) is 7.04. The average molecular weight is 604 g/mol. The molecule has 2 aliphatic rings. The molecule has 7 nitrogen and oxygen atoms in total. The highest BCUT2D eigenvalue weighted by molar-refractivity contribution is 5.98. The van der Waals surface area contributed by atoms with Crippen LogP contribution in [0.5, 0.6) is 0 Å². The molecule has 0 bridgehead atoms. The van der Waals surface area contributed by atoms with Crippen molar-refractivity contribution in [2.45, 2.75) is 77.2 Å². The molecule has 0 spiro atoms. The van der Waals surface area contributed by atoms with Crippen LogP contribution in [0.15, 0.2) is 48.8 Å². The molecule has 42 heavy (non-hydrogen) atoms. The lowest BCUT2D eigenvalue weighted by molar-refractivity contribution is -0.137. The molecule has 3 N–H and O–H groups in total. The van der Waals surface area contributed by atoms with Gasteiger partial charge in [0.05, 0.1) is 29.1 Å². The standard InChI is InChI=1S/C31H36F3N5O2.ClH/c1-18(2)16-39-19(3)7-12-28(39)30(41)38-27-13-21(31(32,33)34)9-11-23(27)26-15-29(36-17-35-26)37-25-6-4-5-20-8-10-22(40)14-24(20)25;/h4-6,9,11,13,15,17-19,22,28,40H,7-8,10,12,14,16H2,1-3H3,(H,38,41)(H,35,36,37);1H. The number of amides is 1. The fraction of sp³-hybridized carbons (Fsp3) is 0.452. The SMILES string of the molecule is CC(C)CN1C(C)CCC1C(=O)Nc1cc(C(F)(F)F)ccc1-c1cc(Nc2cccc3c2CC(O)CC3)ncn1.Cl. The van der Waals surface area contributed by atoms with Gasteiger partial charge in [0.2, 0.25) is 5.91 Å². The van der Waals surface area contributed by atoms with Gasteiger partial charge in [0.15, 0.2) is 0 Å². The van der Waals surface area contributed by atoms with E-state index >= 15 is 0 Å². The second-order valence-electron chi connectivity index (χ2n) is 11.5. The molecule has 1 fully saturated rings. The highest BCUT2D eigenvalue weighted by Crippen LogP contribution is 2.37. The maximum atomic E-state index is 13.7. The van der Waals surface area contributed by atoms with Gasteiger partial charge in [-0.25, -0.2) is 9.97 Å². The average Bonchev–Trinajstić information content (AvgIpc) is 3.28. The van der Waals surface area contributed by atoms with E-state index in [1.54, 1.807) is 6.07 Å². The quantitative estimate of drug-likeness (QED) is 0.281. The number of hydrogen-bond donors (Lipinski definition) is 3. The van der Waals surface area contributed by atoms with E-state index in [0.717, 1.165) is 48.3 Å². The predicted octanol–water partition coefficient (Wildman–Crippen LogP) is 6.62. The second kappa shape index (κ2) is 13.0. The van der Waals surface area contributed by atoms with Gasteiger partial charge in [0.25, 0.3) is 0 Å². The Bertz CT molecular complexity index is 1420. The zero-order valence-electron chi connectivity index (χ0n) is 23.9. The smallest absolute Gasteiger partial charge is 0.393 e. The summed E-state index contributed by atoms with van der Waals surface area (Å²) in [5.41, 5.74) is 2.93. The molecule has 0 radical (unpaired) electrons. The lowest BCUT2D eigenvalue weighted by Crippen LogP contribution is -2.44. The Morgan fingerprint density at radius 2 is 1.88 bits per heavy atom. The first-order chi connectivity index (χ1) is 19.5. The zero-order chi connectivity index (χ0) is 29.3. The molecule has 2 heterocycles. The molecule has 1 aromatic heterocycles. The number of nitrogens with zero attached hydrogens (tertiary/aromatic N) is 3. The number of carbonyl (C=O) groups excluding carboxylic acids is 1. The van der Waals surface area contributed by atoms with Crippen molar-refractivity contribution in [1.82, 2.24) is 14.9 Å². The fourth-order valence-electron chi connectivity index (χ4n) is 5.91. The van der Waals surface area contributed by atoms with Crippen molar-refractivity contribution < 1.29 is 23.1 Å². The van der Waals surface area contributed by atoms with Gasteiger partial charge in [0, 0.05) is 36.3 Å². The number of aromatic nitrogens is 2. The number of carbonyl (C=O) groups is 1. The molecular formula is C31H37ClF3N5O2. The number of fused-ring (bicyclic) bond motifs is 1. The summed E-state index contributed by atoms with van der Waals surface area (Å²) in [4.78, 5) is 24.3. The Morgan fingerprint density at radius 3 is 2.62 bits per heavy atom. The number of nitrogens with one attached hydrogen (secondary N) is 2. The molecule has 226 valence electrons. The summed E-state index contributed by atoms with van der Waals surface area (Å²) in [6.45, 7) is 6.97. The highest BCUT2D eigenvalue weighted by atomic mass is 35.5. The molecule has 3 unspecified atom stereocenters. The van der Waals surface area contributed by atoms with Crippen LogP contribution in [0, 0.1) is 5.92 Å². The largest absolute Gasteiger partial charge is 0.416 e. The van der Waals surface area contributed by atoms with Crippen LogP contribution in [0.25, 0.3) is 11.3 Å². The van der Waals surface area contributed by atoms with Crippen molar-refractivity contribution in [3.63, 3.8) is 0 Å². The van der Waals surface area contributed by atoms with Gasteiger partial charge in [-0.2, -0.15) is 13.2 Å². The molecule has 1 saturated heterocycles. The molecule has 2 aromatic carbocycles. The third-order valence-corrected chi connectivity index (χ3v) is 7.97. The van der Waals surface area contributed by atoms with Crippen LogP contribution in [0.2, 0.25) is 0 Å². The summed E-state index contributed by atoms with van der Waals surface area (Å²) in [6.07, 6.45) is -0.126. The number of benzene rings is 2. The number of likely N-dealkylation sites (tertiary alicyclic amines) is 1. The monoisotopic (exact) mass is 603 g/mol. The van der Waals surface area contributed by atoms with Gasteiger partial charge < -0.3 is 15.7 Å². The van der Waals surface area contributed by atoms with E-state index in [0.29, 0.717) is 42.3 Å². The van der Waals surface area contributed by atoms with Crippen LogP contribution < -0.4 is 10.6 Å². The molecule has 3 aromatic rings. The first-order valence-electron chi connectivity index (χ1n) is 14.2. The minimum absolute atomic E-state index is 0. The molecular weight excluding hydrogens is 567 g/mol. The maximum absolute atomic E-state index is 13.7. The van der Waals surface area contributed by atoms with Crippen molar-refractivity contribution in [2.75, 3.05) is 17.2 Å². The lowest BCUT2D eigenvalue weighted by atomic mass is 9.88. The number of rotatable bonds is 7. The second-order valence-corrected chi connectivity index (χ2v) is 11.5. The van der Waals surface area contributed by atoms with E-state index in [2.05, 4.69) is 46.3 Å². The van der Waals surface area contributed by atoms with Crippen LogP contribution in [0.1, 0.15) is 56.7 Å². The predicted molar refractivity (Wildman–Crippen MR) is 160 cm³/mol. The van der Waals surface area contributed by atoms with Crippen LogP contribution in [0.4, 0.5) is 30.4 Å². The Hall–Kier alpha value is -3.21. The highest BCUT2D eigenvalue weighted by Gasteiger charge is 2.37. The van der Waals surface area contributed by atoms with Crippen molar-refractivity contribution >= 4 is 35.5 Å². The summed E-state index contributed by atoms with van der Waals surface area (Å²) < 4.78 is 41.1. The van der Waals surface area contributed by atoms with E-state index in [9.17, 15) is 23.1 Å². The summed E-state index contributed by atoms with van der Waals surface area (Å²) in [7, 11) is 0. The topological polar surface area (TPSA) is 90.4 Å². The van der Waals surface area contributed by atoms with Crippen molar-refractivity contribution in [1.29, 1.82) is 0 Å². The first kappa shape index (κ1) is 31.7.